The summed E-state index contributed by atoms with van der Waals surface area (Å²) in [6, 6.07) is 11.3. The van der Waals surface area contributed by atoms with E-state index in [9.17, 15) is 19.5 Å². The van der Waals surface area contributed by atoms with Gasteiger partial charge in [-0.15, -0.1) is 11.3 Å². The van der Waals surface area contributed by atoms with Gasteiger partial charge in [-0.05, 0) is 18.1 Å². The third kappa shape index (κ3) is 5.63. The zero-order valence-corrected chi connectivity index (χ0v) is 22.9. The summed E-state index contributed by atoms with van der Waals surface area (Å²) < 4.78 is 22.5. The second kappa shape index (κ2) is 11.5. The van der Waals surface area contributed by atoms with E-state index in [1.165, 1.54) is 21.5 Å². The van der Waals surface area contributed by atoms with Crippen molar-refractivity contribution in [3.8, 4) is 5.13 Å². The van der Waals surface area contributed by atoms with Crippen LogP contribution in [0.5, 0.6) is 0 Å². The normalized spacial score (nSPS) is 18.0. The molecule has 6 rings (SSSR count). The Kier molecular flexibility index (Phi) is 7.61. The summed E-state index contributed by atoms with van der Waals surface area (Å²) in [4.78, 5) is 50.0. The van der Waals surface area contributed by atoms with Gasteiger partial charge in [0.2, 0.25) is 5.43 Å². The molecule has 0 amide bonds. The van der Waals surface area contributed by atoms with Crippen LogP contribution in [0.1, 0.15) is 28.8 Å². The van der Waals surface area contributed by atoms with Crippen LogP contribution in [0.25, 0.3) is 16.2 Å². The summed E-state index contributed by atoms with van der Waals surface area (Å²) in [5.41, 5.74) is 0.0403. The van der Waals surface area contributed by atoms with Gasteiger partial charge < -0.3 is 14.7 Å². The van der Waals surface area contributed by atoms with Gasteiger partial charge in [0.1, 0.15) is 11.3 Å². The van der Waals surface area contributed by atoms with Crippen molar-refractivity contribution < 1.29 is 23.8 Å². The fourth-order valence-electron chi connectivity index (χ4n) is 5.37. The molecule has 0 aliphatic carbocycles. The minimum Gasteiger partial charge on any atom is -0.477 e. The molecule has 212 valence electrons. The van der Waals surface area contributed by atoms with Gasteiger partial charge in [0, 0.05) is 56.9 Å². The van der Waals surface area contributed by atoms with Crippen molar-refractivity contribution in [3.63, 3.8) is 0 Å². The molecule has 2 aliphatic rings. The van der Waals surface area contributed by atoms with Crippen LogP contribution >= 0.6 is 11.3 Å². The molecule has 3 aromatic heterocycles. The number of hydrogen-bond acceptors (Lipinski definition) is 9. The zero-order chi connectivity index (χ0) is 28.5. The van der Waals surface area contributed by atoms with E-state index in [0.717, 1.165) is 31.9 Å². The Morgan fingerprint density at radius 1 is 1.17 bits per heavy atom. The summed E-state index contributed by atoms with van der Waals surface area (Å²) >= 11 is 1.23. The molecule has 0 spiro atoms. The van der Waals surface area contributed by atoms with Crippen molar-refractivity contribution in [1.29, 1.82) is 0 Å². The largest absolute Gasteiger partial charge is 0.477 e. The first-order valence-corrected chi connectivity index (χ1v) is 14.3. The number of benzene rings is 1. The lowest BCUT2D eigenvalue weighted by Gasteiger charge is -2.39. The lowest BCUT2D eigenvalue weighted by Crippen LogP contribution is -2.51. The highest BCUT2D eigenvalue weighted by Crippen LogP contribution is 2.30. The van der Waals surface area contributed by atoms with Crippen LogP contribution in [-0.4, -0.2) is 75.2 Å². The number of Topliss-reactive ketones (excluding diaryl/α,β-unsaturated/α-hetero) is 1. The molecule has 0 bridgehead atoms. The van der Waals surface area contributed by atoms with E-state index in [2.05, 4.69) is 27.0 Å². The van der Waals surface area contributed by atoms with Crippen molar-refractivity contribution in [2.75, 3.05) is 37.7 Å². The standard InChI is InChI=1S/C29H28FN5O5S/c30-23-12-21-25(37)22(28(38)39)17-35(29-31-8-11-41-29)26(21)32-27(23)34-14-19(15-34)24(36)7-6-20-16-33(9-10-40-20)13-18-4-2-1-3-5-18/h1-5,8,11-12,17,19-20H,6-7,9-10,13-16H2,(H,38,39). The number of hydrogen-bond donors (Lipinski definition) is 1. The molecule has 4 aromatic rings. The SMILES string of the molecule is O=C(O)c1cn(-c2nccs2)c2nc(N3CC(C(=O)CCC4CN(Cc5ccccc5)CCO4)C3)c(F)cc2c1=O. The molecule has 41 heavy (non-hydrogen) atoms. The molecule has 0 saturated carbocycles. The van der Waals surface area contributed by atoms with E-state index in [4.69, 9.17) is 4.74 Å². The number of fused-ring (bicyclic) bond motifs is 1. The molecule has 2 saturated heterocycles. The maximum Gasteiger partial charge on any atom is 0.341 e. The van der Waals surface area contributed by atoms with Crippen molar-refractivity contribution in [2.45, 2.75) is 25.5 Å². The molecule has 2 fully saturated rings. The molecular weight excluding hydrogens is 549 g/mol. The second-order valence-electron chi connectivity index (χ2n) is 10.3. The van der Waals surface area contributed by atoms with Gasteiger partial charge >= 0.3 is 5.97 Å². The summed E-state index contributed by atoms with van der Waals surface area (Å²) in [6.07, 6.45) is 3.72. The number of carbonyl (C=O) groups is 2. The average Bonchev–Trinajstić information content (AvgIpc) is 3.47. The number of aromatic carboxylic acids is 1. The maximum atomic E-state index is 15.2. The highest BCUT2D eigenvalue weighted by molar-refractivity contribution is 7.12. The first kappa shape index (κ1) is 27.2. The smallest absolute Gasteiger partial charge is 0.341 e. The van der Waals surface area contributed by atoms with Crippen LogP contribution in [0.2, 0.25) is 0 Å². The molecule has 1 atom stereocenters. The van der Waals surface area contributed by atoms with E-state index < -0.39 is 22.8 Å². The van der Waals surface area contributed by atoms with Crippen LogP contribution < -0.4 is 10.3 Å². The van der Waals surface area contributed by atoms with Gasteiger partial charge in [-0.2, -0.15) is 0 Å². The lowest BCUT2D eigenvalue weighted by molar-refractivity contribution is -0.125. The molecule has 5 heterocycles. The summed E-state index contributed by atoms with van der Waals surface area (Å²) in [5, 5.41) is 11.4. The summed E-state index contributed by atoms with van der Waals surface area (Å²) in [5.74, 6) is -2.29. The molecule has 10 nitrogen and oxygen atoms in total. The molecule has 1 aromatic carbocycles. The van der Waals surface area contributed by atoms with Crippen molar-refractivity contribution >= 4 is 39.9 Å². The molecule has 1 N–H and O–H groups in total. The van der Waals surface area contributed by atoms with E-state index in [0.29, 0.717) is 37.7 Å². The Morgan fingerprint density at radius 3 is 2.71 bits per heavy atom. The number of carbonyl (C=O) groups excluding carboxylic acids is 1. The number of morpholine rings is 1. The number of thiazole rings is 1. The number of pyridine rings is 2. The van der Waals surface area contributed by atoms with E-state index in [-0.39, 0.29) is 34.7 Å². The van der Waals surface area contributed by atoms with Crippen molar-refractivity contribution in [3.05, 3.63) is 81.3 Å². The molecule has 0 radical (unpaired) electrons. The second-order valence-corrected chi connectivity index (χ2v) is 11.2. The number of carboxylic acid groups (broad SMARTS) is 1. The molecular formula is C29H28FN5O5S. The maximum absolute atomic E-state index is 15.2. The average molecular weight is 578 g/mol. The van der Waals surface area contributed by atoms with Crippen molar-refractivity contribution in [1.82, 2.24) is 19.4 Å². The Balaban J connectivity index is 1.11. The number of nitrogens with zero attached hydrogens (tertiary/aromatic N) is 5. The van der Waals surface area contributed by atoms with Crippen LogP contribution in [0, 0.1) is 11.7 Å². The fraction of sp³-hybridized carbons (Fsp3) is 0.345. The summed E-state index contributed by atoms with van der Waals surface area (Å²) in [6.45, 7) is 3.74. The van der Waals surface area contributed by atoms with Gasteiger partial charge in [0.25, 0.3) is 0 Å². The van der Waals surface area contributed by atoms with E-state index >= 15 is 4.39 Å². The van der Waals surface area contributed by atoms with Crippen LogP contribution in [0.4, 0.5) is 10.2 Å². The topological polar surface area (TPSA) is 118 Å². The first-order chi connectivity index (χ1) is 19.9. The van der Waals surface area contributed by atoms with Gasteiger partial charge in [0.05, 0.1) is 24.0 Å². The molecule has 12 heteroatoms. The predicted molar refractivity (Wildman–Crippen MR) is 151 cm³/mol. The van der Waals surface area contributed by atoms with E-state index in [1.807, 2.05) is 18.2 Å². The number of aromatic nitrogens is 3. The highest BCUT2D eigenvalue weighted by atomic mass is 32.1. The molecule has 1 unspecified atom stereocenters. The number of halogens is 1. The van der Waals surface area contributed by atoms with Gasteiger partial charge in [0.15, 0.2) is 22.4 Å². The quantitative estimate of drug-likeness (QED) is 0.320. The Morgan fingerprint density at radius 2 is 1.98 bits per heavy atom. The van der Waals surface area contributed by atoms with Gasteiger partial charge in [-0.25, -0.2) is 19.2 Å². The first-order valence-electron chi connectivity index (χ1n) is 13.4. The third-order valence-electron chi connectivity index (χ3n) is 7.59. The van der Waals surface area contributed by atoms with Gasteiger partial charge in [-0.1, -0.05) is 30.3 Å². The molecule has 2 aliphatic heterocycles. The van der Waals surface area contributed by atoms with Gasteiger partial charge in [-0.3, -0.25) is 19.1 Å². The lowest BCUT2D eigenvalue weighted by atomic mass is 9.91. The van der Waals surface area contributed by atoms with Crippen molar-refractivity contribution in [2.24, 2.45) is 5.92 Å². The van der Waals surface area contributed by atoms with E-state index in [1.54, 1.807) is 16.5 Å². The highest BCUT2D eigenvalue weighted by Gasteiger charge is 2.35. The number of ether oxygens (including phenoxy) is 1. The fourth-order valence-corrected chi connectivity index (χ4v) is 5.99. The minimum absolute atomic E-state index is 0.00882. The number of carboxylic acids is 1. The number of rotatable bonds is 9. The Bertz CT molecular complexity index is 1640. The predicted octanol–water partition coefficient (Wildman–Crippen LogP) is 3.37. The Hall–Kier alpha value is -4.00. The minimum atomic E-state index is -1.42. The third-order valence-corrected chi connectivity index (χ3v) is 8.36. The van der Waals surface area contributed by atoms with Crippen LogP contribution in [0.15, 0.2) is 59.0 Å². The Labute approximate surface area is 238 Å². The van der Waals surface area contributed by atoms with Crippen LogP contribution in [-0.2, 0) is 16.1 Å². The van der Waals surface area contributed by atoms with Crippen LogP contribution in [0.3, 0.4) is 0 Å². The summed E-state index contributed by atoms with van der Waals surface area (Å²) in [7, 11) is 0. The number of ketones is 1. The number of anilines is 1. The zero-order valence-electron chi connectivity index (χ0n) is 22.1. The monoisotopic (exact) mass is 577 g/mol.